The fourth-order valence-electron chi connectivity index (χ4n) is 3.48. The smallest absolute Gasteiger partial charge is 0.256 e. The summed E-state index contributed by atoms with van der Waals surface area (Å²) in [4.78, 5) is 17.8. The van der Waals surface area contributed by atoms with Gasteiger partial charge in [-0.1, -0.05) is 24.3 Å². The summed E-state index contributed by atoms with van der Waals surface area (Å²) in [5.41, 5.74) is 7.15. The summed E-state index contributed by atoms with van der Waals surface area (Å²) in [5, 5.41) is 4.03. The standard InChI is InChI=1S/C21H20N2O/c1-13-10-11-15(12-14(13)2)22-21(24)20-16-6-3-4-8-18(16)23-19-9-5-7-17(19)20/h3-4,6,8,10-12H,5,7,9H2,1-2H3,(H,22,24). The van der Waals surface area contributed by atoms with Crippen LogP contribution in [0.3, 0.4) is 0 Å². The van der Waals surface area contributed by atoms with Crippen molar-refractivity contribution in [1.29, 1.82) is 0 Å². The number of carbonyl (C=O) groups excluding carboxylic acids is 1. The lowest BCUT2D eigenvalue weighted by Gasteiger charge is -2.13. The zero-order valence-corrected chi connectivity index (χ0v) is 14.0. The van der Waals surface area contributed by atoms with Crippen LogP contribution in [0.25, 0.3) is 10.9 Å². The molecule has 1 aliphatic rings. The maximum absolute atomic E-state index is 13.0. The van der Waals surface area contributed by atoms with E-state index in [-0.39, 0.29) is 5.91 Å². The van der Waals surface area contributed by atoms with E-state index in [0.29, 0.717) is 0 Å². The van der Waals surface area contributed by atoms with Crippen molar-refractivity contribution in [2.24, 2.45) is 0 Å². The van der Waals surface area contributed by atoms with Crippen molar-refractivity contribution in [3.8, 4) is 0 Å². The molecule has 0 saturated carbocycles. The highest BCUT2D eigenvalue weighted by Gasteiger charge is 2.23. The maximum Gasteiger partial charge on any atom is 0.256 e. The fraction of sp³-hybridized carbons (Fsp3) is 0.238. The fourth-order valence-corrected chi connectivity index (χ4v) is 3.48. The van der Waals surface area contributed by atoms with Crippen LogP contribution in [-0.2, 0) is 12.8 Å². The number of aryl methyl sites for hydroxylation is 3. The topological polar surface area (TPSA) is 42.0 Å². The minimum absolute atomic E-state index is 0.0324. The van der Waals surface area contributed by atoms with Crippen molar-refractivity contribution >= 4 is 22.5 Å². The van der Waals surface area contributed by atoms with Gasteiger partial charge in [0.1, 0.15) is 0 Å². The van der Waals surface area contributed by atoms with Crippen molar-refractivity contribution in [3.05, 3.63) is 70.4 Å². The predicted octanol–water partition coefficient (Wildman–Crippen LogP) is 4.59. The molecule has 0 fully saturated rings. The summed E-state index contributed by atoms with van der Waals surface area (Å²) in [6.07, 6.45) is 2.97. The van der Waals surface area contributed by atoms with Crippen molar-refractivity contribution in [3.63, 3.8) is 0 Å². The molecule has 1 heterocycles. The molecular formula is C21H20N2O. The van der Waals surface area contributed by atoms with Gasteiger partial charge in [-0.2, -0.15) is 0 Å². The number of hydrogen-bond acceptors (Lipinski definition) is 2. The molecule has 1 aromatic heterocycles. The molecule has 120 valence electrons. The number of para-hydroxylation sites is 1. The molecule has 4 rings (SSSR count). The van der Waals surface area contributed by atoms with Gasteiger partial charge in [-0.25, -0.2) is 0 Å². The summed E-state index contributed by atoms with van der Waals surface area (Å²) in [5.74, 6) is -0.0324. The van der Waals surface area contributed by atoms with Gasteiger partial charge in [0, 0.05) is 16.8 Å². The zero-order valence-electron chi connectivity index (χ0n) is 14.0. The number of anilines is 1. The van der Waals surface area contributed by atoms with E-state index in [9.17, 15) is 4.79 Å². The monoisotopic (exact) mass is 316 g/mol. The highest BCUT2D eigenvalue weighted by molar-refractivity contribution is 6.13. The van der Waals surface area contributed by atoms with Crippen LogP contribution in [0.15, 0.2) is 42.5 Å². The number of nitrogens with one attached hydrogen (secondary N) is 1. The van der Waals surface area contributed by atoms with Crippen molar-refractivity contribution < 1.29 is 4.79 Å². The molecule has 0 bridgehead atoms. The molecule has 3 nitrogen and oxygen atoms in total. The Bertz CT molecular complexity index is 959. The molecule has 24 heavy (non-hydrogen) atoms. The van der Waals surface area contributed by atoms with Crippen LogP contribution in [0.5, 0.6) is 0 Å². The van der Waals surface area contributed by atoms with E-state index < -0.39 is 0 Å². The van der Waals surface area contributed by atoms with E-state index in [4.69, 9.17) is 4.98 Å². The number of benzene rings is 2. The first-order valence-corrected chi connectivity index (χ1v) is 8.42. The van der Waals surface area contributed by atoms with Crippen LogP contribution in [0.1, 0.15) is 39.2 Å². The molecule has 3 aromatic rings. The average Bonchev–Trinajstić information content (AvgIpc) is 3.03. The minimum Gasteiger partial charge on any atom is -0.322 e. The lowest BCUT2D eigenvalue weighted by Crippen LogP contribution is -2.16. The predicted molar refractivity (Wildman–Crippen MR) is 97.6 cm³/mol. The molecule has 0 spiro atoms. The van der Waals surface area contributed by atoms with E-state index in [0.717, 1.165) is 52.7 Å². The molecule has 0 radical (unpaired) electrons. The second-order valence-corrected chi connectivity index (χ2v) is 6.54. The summed E-state index contributed by atoms with van der Waals surface area (Å²) < 4.78 is 0. The van der Waals surface area contributed by atoms with E-state index >= 15 is 0 Å². The lowest BCUT2D eigenvalue weighted by atomic mass is 10.0. The Morgan fingerprint density at radius 3 is 2.71 bits per heavy atom. The van der Waals surface area contributed by atoms with Gasteiger partial charge in [0.25, 0.3) is 5.91 Å². The second kappa shape index (κ2) is 5.75. The summed E-state index contributed by atoms with van der Waals surface area (Å²) >= 11 is 0. The Labute approximate surface area is 141 Å². The van der Waals surface area contributed by atoms with Crippen molar-refractivity contribution in [1.82, 2.24) is 4.98 Å². The third-order valence-corrected chi connectivity index (χ3v) is 4.91. The molecule has 1 amide bonds. The van der Waals surface area contributed by atoms with Crippen LogP contribution in [0.4, 0.5) is 5.69 Å². The van der Waals surface area contributed by atoms with Gasteiger partial charge in [-0.15, -0.1) is 0 Å². The third kappa shape index (κ3) is 2.46. The highest BCUT2D eigenvalue weighted by Crippen LogP contribution is 2.30. The Balaban J connectivity index is 1.80. The third-order valence-electron chi connectivity index (χ3n) is 4.91. The molecule has 0 aliphatic heterocycles. The van der Waals surface area contributed by atoms with Crippen LogP contribution >= 0.6 is 0 Å². The minimum atomic E-state index is -0.0324. The van der Waals surface area contributed by atoms with Gasteiger partial charge in [-0.05, 0) is 68.0 Å². The SMILES string of the molecule is Cc1ccc(NC(=O)c2c3c(nc4ccccc24)CCC3)cc1C. The first-order valence-electron chi connectivity index (χ1n) is 8.42. The number of hydrogen-bond donors (Lipinski definition) is 1. The summed E-state index contributed by atoms with van der Waals surface area (Å²) in [6.45, 7) is 4.13. The maximum atomic E-state index is 13.0. The first-order chi connectivity index (χ1) is 11.6. The molecular weight excluding hydrogens is 296 g/mol. The van der Waals surface area contributed by atoms with Gasteiger partial charge in [0.05, 0.1) is 11.1 Å². The van der Waals surface area contributed by atoms with Gasteiger partial charge in [0.2, 0.25) is 0 Å². The molecule has 2 aromatic carbocycles. The van der Waals surface area contributed by atoms with Crippen LogP contribution in [0.2, 0.25) is 0 Å². The zero-order chi connectivity index (χ0) is 16.7. The number of nitrogens with zero attached hydrogens (tertiary/aromatic N) is 1. The van der Waals surface area contributed by atoms with Gasteiger partial charge in [0.15, 0.2) is 0 Å². The highest BCUT2D eigenvalue weighted by atomic mass is 16.1. The Hall–Kier alpha value is -2.68. The largest absolute Gasteiger partial charge is 0.322 e. The average molecular weight is 316 g/mol. The van der Waals surface area contributed by atoms with Crippen LogP contribution < -0.4 is 5.32 Å². The second-order valence-electron chi connectivity index (χ2n) is 6.54. The lowest BCUT2D eigenvalue weighted by molar-refractivity contribution is 0.102. The summed E-state index contributed by atoms with van der Waals surface area (Å²) in [7, 11) is 0. The normalized spacial score (nSPS) is 13.1. The van der Waals surface area contributed by atoms with Crippen molar-refractivity contribution in [2.75, 3.05) is 5.32 Å². The number of carbonyl (C=O) groups is 1. The van der Waals surface area contributed by atoms with Gasteiger partial charge in [-0.3, -0.25) is 9.78 Å². The van der Waals surface area contributed by atoms with Gasteiger partial charge >= 0.3 is 0 Å². The number of aromatic nitrogens is 1. The van der Waals surface area contributed by atoms with Crippen LogP contribution in [-0.4, -0.2) is 10.9 Å². The Kier molecular flexibility index (Phi) is 3.57. The molecule has 0 atom stereocenters. The van der Waals surface area contributed by atoms with E-state index in [1.54, 1.807) is 0 Å². The van der Waals surface area contributed by atoms with E-state index in [2.05, 4.69) is 19.2 Å². The number of fused-ring (bicyclic) bond motifs is 2. The molecule has 1 N–H and O–H groups in total. The number of pyridine rings is 1. The molecule has 3 heteroatoms. The Morgan fingerprint density at radius 1 is 1.04 bits per heavy atom. The quantitative estimate of drug-likeness (QED) is 0.751. The summed E-state index contributed by atoms with van der Waals surface area (Å²) in [6, 6.07) is 14.0. The molecule has 0 unspecified atom stereocenters. The first kappa shape index (κ1) is 14.9. The van der Waals surface area contributed by atoms with Crippen molar-refractivity contribution in [2.45, 2.75) is 33.1 Å². The van der Waals surface area contributed by atoms with E-state index in [1.165, 1.54) is 11.1 Å². The van der Waals surface area contributed by atoms with Crippen LogP contribution in [0, 0.1) is 13.8 Å². The molecule has 0 saturated heterocycles. The van der Waals surface area contributed by atoms with E-state index in [1.807, 2.05) is 42.5 Å². The number of rotatable bonds is 2. The number of amides is 1. The van der Waals surface area contributed by atoms with Gasteiger partial charge < -0.3 is 5.32 Å². The Morgan fingerprint density at radius 2 is 1.88 bits per heavy atom. The molecule has 1 aliphatic carbocycles.